The molecule has 0 aromatic heterocycles. The van der Waals surface area contributed by atoms with Gasteiger partial charge >= 0.3 is 0 Å². The molecule has 17 heavy (non-hydrogen) atoms. The molecule has 1 atom stereocenters. The van der Waals surface area contributed by atoms with Gasteiger partial charge in [-0.3, -0.25) is 0 Å². The lowest BCUT2D eigenvalue weighted by Crippen LogP contribution is -1.87. The van der Waals surface area contributed by atoms with Gasteiger partial charge in [-0.1, -0.05) is 0 Å². The zero-order valence-electron chi connectivity index (χ0n) is 9.28. The van der Waals surface area contributed by atoms with Crippen molar-refractivity contribution in [1.82, 2.24) is 0 Å². The van der Waals surface area contributed by atoms with Gasteiger partial charge in [0.05, 0.1) is 12.7 Å². The highest BCUT2D eigenvalue weighted by molar-refractivity contribution is 5.04. The number of halogens is 3. The van der Waals surface area contributed by atoms with Gasteiger partial charge in [0.25, 0.3) is 0 Å². The van der Waals surface area contributed by atoms with E-state index in [1.54, 1.807) is 0 Å². The molecule has 1 unspecified atom stereocenters. The first-order valence-corrected chi connectivity index (χ1v) is 5.07. The van der Waals surface area contributed by atoms with E-state index in [1.807, 2.05) is 0 Å². The van der Waals surface area contributed by atoms with Crippen LogP contribution in [0.1, 0.15) is 12.8 Å². The topological polar surface area (TPSA) is 58.8 Å². The zero-order valence-corrected chi connectivity index (χ0v) is 9.28. The minimum absolute atomic E-state index is 0.305. The molecule has 0 radical (unpaired) electrons. The van der Waals surface area contributed by atoms with Crippen molar-refractivity contribution in [3.8, 4) is 0 Å². The number of hydrogen-bond donors (Lipinski definition) is 2. The van der Waals surface area contributed by atoms with E-state index in [0.717, 1.165) is 43.7 Å². The van der Waals surface area contributed by atoms with Gasteiger partial charge in [0, 0.05) is 6.61 Å². The Balaban J connectivity index is 0.000000265. The fourth-order valence-electron chi connectivity index (χ4n) is 0.983. The standard InChI is InChI=1S/C6H4F2.C5H10O2.FH2N/c7-5-1-2-6(8)4-3-5;6-3-1-2-5-4-7-5;1-2/h1-4H;5-6H,1-4H2;2H2. The molecule has 1 aromatic rings. The number of hydrogen-bond acceptors (Lipinski definition) is 3. The zero-order chi connectivity index (χ0) is 13.1. The van der Waals surface area contributed by atoms with Gasteiger partial charge in [-0.15, -0.1) is 4.48 Å². The van der Waals surface area contributed by atoms with E-state index in [-0.39, 0.29) is 0 Å². The van der Waals surface area contributed by atoms with Gasteiger partial charge in [-0.05, 0) is 37.1 Å². The van der Waals surface area contributed by atoms with Crippen LogP contribution in [0.25, 0.3) is 0 Å². The highest BCUT2D eigenvalue weighted by Gasteiger charge is 2.20. The van der Waals surface area contributed by atoms with Gasteiger partial charge in [0.15, 0.2) is 0 Å². The van der Waals surface area contributed by atoms with Crippen LogP contribution in [0.2, 0.25) is 0 Å². The Kier molecular flexibility index (Phi) is 9.41. The summed E-state index contributed by atoms with van der Waals surface area (Å²) in [5.74, 6) is 2.18. The van der Waals surface area contributed by atoms with Gasteiger partial charge < -0.3 is 9.84 Å². The van der Waals surface area contributed by atoms with Crippen molar-refractivity contribution < 1.29 is 23.1 Å². The third-order valence-corrected chi connectivity index (χ3v) is 1.89. The third-order valence-electron chi connectivity index (χ3n) is 1.89. The summed E-state index contributed by atoms with van der Waals surface area (Å²) in [6.07, 6.45) is 2.42. The summed E-state index contributed by atoms with van der Waals surface area (Å²) >= 11 is 0. The summed E-state index contributed by atoms with van der Waals surface area (Å²) in [5.41, 5.74) is 0. The summed E-state index contributed by atoms with van der Waals surface area (Å²) < 4.78 is 37.7. The fraction of sp³-hybridized carbons (Fsp3) is 0.455. The van der Waals surface area contributed by atoms with Gasteiger partial charge in [0.2, 0.25) is 0 Å². The van der Waals surface area contributed by atoms with Gasteiger partial charge in [-0.2, -0.15) is 5.96 Å². The maximum atomic E-state index is 11.9. The summed E-state index contributed by atoms with van der Waals surface area (Å²) in [5, 5.41) is 8.29. The van der Waals surface area contributed by atoms with Crippen LogP contribution in [0.4, 0.5) is 13.3 Å². The van der Waals surface area contributed by atoms with Crippen LogP contribution in [0.3, 0.4) is 0 Å². The average Bonchev–Trinajstić information content (AvgIpc) is 3.18. The molecule has 1 fully saturated rings. The van der Waals surface area contributed by atoms with Crippen LogP contribution in [-0.2, 0) is 4.74 Å². The van der Waals surface area contributed by atoms with Crippen LogP contribution >= 0.6 is 0 Å². The SMILES string of the molecule is Fc1ccc(F)cc1.NF.OCCCC1CO1. The van der Waals surface area contributed by atoms with E-state index in [4.69, 9.17) is 14.3 Å². The molecule has 0 amide bonds. The summed E-state index contributed by atoms with van der Waals surface area (Å²) in [4.78, 5) is 0. The molecule has 1 saturated heterocycles. The molecule has 1 aliphatic heterocycles. The molecule has 1 heterocycles. The minimum atomic E-state index is -0.411. The Morgan fingerprint density at radius 2 is 1.59 bits per heavy atom. The van der Waals surface area contributed by atoms with Crippen molar-refractivity contribution in [2.24, 2.45) is 5.96 Å². The van der Waals surface area contributed by atoms with Crippen molar-refractivity contribution in [2.45, 2.75) is 18.9 Å². The lowest BCUT2D eigenvalue weighted by atomic mass is 10.3. The quantitative estimate of drug-likeness (QED) is 0.637. The van der Waals surface area contributed by atoms with E-state index in [1.165, 1.54) is 0 Å². The first kappa shape index (κ1) is 15.9. The van der Waals surface area contributed by atoms with Crippen molar-refractivity contribution in [1.29, 1.82) is 0 Å². The van der Waals surface area contributed by atoms with Gasteiger partial charge in [-0.25, -0.2) is 8.78 Å². The molecule has 0 bridgehead atoms. The number of aliphatic hydroxyl groups excluding tert-OH is 1. The minimum Gasteiger partial charge on any atom is -0.396 e. The molecule has 3 N–H and O–H groups in total. The Morgan fingerprint density at radius 3 is 1.88 bits per heavy atom. The maximum absolute atomic E-state index is 11.9. The van der Waals surface area contributed by atoms with Crippen molar-refractivity contribution >= 4 is 0 Å². The van der Waals surface area contributed by atoms with E-state index >= 15 is 0 Å². The fourth-order valence-corrected chi connectivity index (χ4v) is 0.983. The largest absolute Gasteiger partial charge is 0.396 e. The summed E-state index contributed by atoms with van der Waals surface area (Å²) in [6.45, 7) is 1.22. The number of rotatable bonds is 3. The first-order valence-electron chi connectivity index (χ1n) is 5.07. The molecule has 2 rings (SSSR count). The molecular formula is C11H16F3NO2. The Morgan fingerprint density at radius 1 is 1.18 bits per heavy atom. The monoisotopic (exact) mass is 251 g/mol. The maximum Gasteiger partial charge on any atom is 0.123 e. The molecule has 0 spiro atoms. The molecule has 6 heteroatoms. The number of nitrogens with two attached hydrogens (primary N) is 1. The van der Waals surface area contributed by atoms with Crippen LogP contribution < -0.4 is 5.96 Å². The van der Waals surface area contributed by atoms with E-state index in [2.05, 4.69) is 5.96 Å². The molecule has 0 aliphatic carbocycles. The van der Waals surface area contributed by atoms with Crippen molar-refractivity contribution in [3.63, 3.8) is 0 Å². The second kappa shape index (κ2) is 10.1. The van der Waals surface area contributed by atoms with Gasteiger partial charge in [0.1, 0.15) is 11.6 Å². The van der Waals surface area contributed by atoms with Crippen molar-refractivity contribution in [2.75, 3.05) is 13.2 Å². The Labute approximate surface area is 97.9 Å². The Hall–Kier alpha value is -1.11. The smallest absolute Gasteiger partial charge is 0.123 e. The predicted octanol–water partition coefficient (Wildman–Crippen LogP) is 1.95. The molecule has 3 nitrogen and oxygen atoms in total. The molecule has 1 aromatic carbocycles. The van der Waals surface area contributed by atoms with Crippen LogP contribution in [0.15, 0.2) is 24.3 Å². The van der Waals surface area contributed by atoms with Crippen molar-refractivity contribution in [3.05, 3.63) is 35.9 Å². The lowest BCUT2D eigenvalue weighted by molar-refractivity contribution is 0.274. The highest BCUT2D eigenvalue weighted by Crippen LogP contribution is 2.14. The second-order valence-corrected chi connectivity index (χ2v) is 3.26. The van der Waals surface area contributed by atoms with E-state index < -0.39 is 11.6 Å². The molecule has 98 valence electrons. The predicted molar refractivity (Wildman–Crippen MR) is 57.7 cm³/mol. The lowest BCUT2D eigenvalue weighted by Gasteiger charge is -1.86. The van der Waals surface area contributed by atoms with E-state index in [0.29, 0.717) is 12.7 Å². The number of benzene rings is 1. The number of ether oxygens (including phenoxy) is 1. The van der Waals surface area contributed by atoms with Crippen LogP contribution in [0, 0.1) is 11.6 Å². The summed E-state index contributed by atoms with van der Waals surface area (Å²) in [7, 11) is 0. The average molecular weight is 251 g/mol. The van der Waals surface area contributed by atoms with Crippen LogP contribution in [-0.4, -0.2) is 24.4 Å². The second-order valence-electron chi connectivity index (χ2n) is 3.26. The number of aliphatic hydroxyl groups is 1. The number of epoxide rings is 1. The summed E-state index contributed by atoms with van der Waals surface area (Å²) in [6, 6.07) is 4.31. The first-order chi connectivity index (χ1) is 8.22. The van der Waals surface area contributed by atoms with Crippen LogP contribution in [0.5, 0.6) is 0 Å². The Bertz CT molecular complexity index is 258. The molecular weight excluding hydrogens is 235 g/mol. The molecule has 0 saturated carbocycles. The normalized spacial score (nSPS) is 16.2. The third kappa shape index (κ3) is 9.80. The highest BCUT2D eigenvalue weighted by atomic mass is 19.2. The molecule has 1 aliphatic rings. The van der Waals surface area contributed by atoms with E-state index in [9.17, 15) is 8.78 Å².